The molecule has 4 aromatic rings. The largest absolute Gasteiger partial charge is 0.0619 e. The minimum atomic E-state index is 0.0639. The van der Waals surface area contributed by atoms with Gasteiger partial charge in [-0.3, -0.25) is 0 Å². The van der Waals surface area contributed by atoms with Gasteiger partial charge in [0.15, 0.2) is 0 Å². The van der Waals surface area contributed by atoms with Crippen molar-refractivity contribution in [2.75, 3.05) is 0 Å². The summed E-state index contributed by atoms with van der Waals surface area (Å²) in [4.78, 5) is 0. The monoisotopic (exact) mass is 398 g/mol. The molecule has 4 aromatic carbocycles. The predicted octanol–water partition coefficient (Wildman–Crippen LogP) is 7.58. The molecule has 1 heteroatoms. The molecule has 0 unspecified atom stereocenters. The topological polar surface area (TPSA) is 0 Å². The molecule has 0 bridgehead atoms. The second-order valence-corrected chi connectivity index (χ2v) is 8.46. The SMILES string of the molecule is CC1(C)c2ccccc2-c2cc(-c3cc(Br)c4ccccc4c3)ccc21. The van der Waals surface area contributed by atoms with Crippen LogP contribution in [0.2, 0.25) is 0 Å². The molecule has 1 aliphatic carbocycles. The molecule has 0 spiro atoms. The number of fused-ring (bicyclic) bond motifs is 4. The summed E-state index contributed by atoms with van der Waals surface area (Å²) in [5.74, 6) is 0. The summed E-state index contributed by atoms with van der Waals surface area (Å²) in [7, 11) is 0. The van der Waals surface area contributed by atoms with E-state index in [9.17, 15) is 0 Å². The zero-order chi connectivity index (χ0) is 17.9. The minimum Gasteiger partial charge on any atom is -0.0619 e. The van der Waals surface area contributed by atoms with Gasteiger partial charge < -0.3 is 0 Å². The van der Waals surface area contributed by atoms with Crippen molar-refractivity contribution in [1.82, 2.24) is 0 Å². The molecule has 0 atom stereocenters. The smallest absolute Gasteiger partial charge is 0.0259 e. The molecular weight excluding hydrogens is 380 g/mol. The van der Waals surface area contributed by atoms with E-state index in [-0.39, 0.29) is 5.41 Å². The molecule has 0 saturated carbocycles. The normalized spacial score (nSPS) is 14.3. The average molecular weight is 399 g/mol. The molecule has 126 valence electrons. The van der Waals surface area contributed by atoms with E-state index in [1.165, 1.54) is 44.2 Å². The molecular formula is C25H19Br. The number of benzene rings is 4. The third-order valence-corrected chi connectivity index (χ3v) is 6.38. The minimum absolute atomic E-state index is 0.0639. The second kappa shape index (κ2) is 5.56. The van der Waals surface area contributed by atoms with Crippen molar-refractivity contribution in [2.45, 2.75) is 19.3 Å². The van der Waals surface area contributed by atoms with Gasteiger partial charge in [0.05, 0.1) is 0 Å². The Bertz CT molecular complexity index is 1170. The maximum Gasteiger partial charge on any atom is 0.0259 e. The van der Waals surface area contributed by atoms with E-state index in [0.717, 1.165) is 4.47 Å². The van der Waals surface area contributed by atoms with E-state index in [2.05, 4.69) is 109 Å². The van der Waals surface area contributed by atoms with Crippen LogP contribution in [0.3, 0.4) is 0 Å². The lowest BCUT2D eigenvalue weighted by Crippen LogP contribution is -2.14. The fraction of sp³-hybridized carbons (Fsp3) is 0.120. The van der Waals surface area contributed by atoms with E-state index in [4.69, 9.17) is 0 Å². The predicted molar refractivity (Wildman–Crippen MR) is 115 cm³/mol. The Morgan fingerprint density at radius 1 is 0.654 bits per heavy atom. The summed E-state index contributed by atoms with van der Waals surface area (Å²) < 4.78 is 1.15. The quantitative estimate of drug-likeness (QED) is 0.310. The molecule has 0 N–H and O–H groups in total. The number of rotatable bonds is 1. The van der Waals surface area contributed by atoms with Gasteiger partial charge in [0.25, 0.3) is 0 Å². The number of halogens is 1. The number of hydrogen-bond acceptors (Lipinski definition) is 0. The first-order valence-corrected chi connectivity index (χ1v) is 9.78. The van der Waals surface area contributed by atoms with Crippen LogP contribution in [0.5, 0.6) is 0 Å². The van der Waals surface area contributed by atoms with Crippen molar-refractivity contribution < 1.29 is 0 Å². The van der Waals surface area contributed by atoms with E-state index >= 15 is 0 Å². The van der Waals surface area contributed by atoms with Gasteiger partial charge in [0.1, 0.15) is 0 Å². The lowest BCUT2D eigenvalue weighted by molar-refractivity contribution is 0.660. The highest BCUT2D eigenvalue weighted by molar-refractivity contribution is 9.10. The Morgan fingerprint density at radius 2 is 1.38 bits per heavy atom. The summed E-state index contributed by atoms with van der Waals surface area (Å²) in [5.41, 5.74) is 8.16. The van der Waals surface area contributed by atoms with Crippen molar-refractivity contribution in [3.8, 4) is 22.3 Å². The maximum atomic E-state index is 3.75. The van der Waals surface area contributed by atoms with Crippen molar-refractivity contribution in [3.63, 3.8) is 0 Å². The van der Waals surface area contributed by atoms with Gasteiger partial charge in [-0.05, 0) is 62.4 Å². The zero-order valence-corrected chi connectivity index (χ0v) is 16.5. The molecule has 0 radical (unpaired) electrons. The van der Waals surface area contributed by atoms with Gasteiger partial charge in [-0.2, -0.15) is 0 Å². The van der Waals surface area contributed by atoms with Crippen LogP contribution < -0.4 is 0 Å². The Kier molecular flexibility index (Phi) is 3.39. The zero-order valence-electron chi connectivity index (χ0n) is 14.9. The molecule has 26 heavy (non-hydrogen) atoms. The molecule has 0 aliphatic heterocycles. The van der Waals surface area contributed by atoms with Gasteiger partial charge >= 0.3 is 0 Å². The fourth-order valence-corrected chi connectivity index (χ4v) is 4.94. The van der Waals surface area contributed by atoms with E-state index in [0.29, 0.717) is 0 Å². The molecule has 0 heterocycles. The fourth-order valence-electron chi connectivity index (χ4n) is 4.33. The molecule has 5 rings (SSSR count). The molecule has 0 amide bonds. The Morgan fingerprint density at radius 3 is 2.27 bits per heavy atom. The molecule has 0 saturated heterocycles. The van der Waals surface area contributed by atoms with Crippen LogP contribution >= 0.6 is 15.9 Å². The van der Waals surface area contributed by atoms with Gasteiger partial charge in [-0.1, -0.05) is 90.4 Å². The van der Waals surface area contributed by atoms with Crippen LogP contribution in [0.15, 0.2) is 83.3 Å². The number of hydrogen-bond donors (Lipinski definition) is 0. The summed E-state index contributed by atoms with van der Waals surface area (Å²) in [6.45, 7) is 4.65. The van der Waals surface area contributed by atoms with Crippen molar-refractivity contribution in [3.05, 3.63) is 94.5 Å². The van der Waals surface area contributed by atoms with Crippen LogP contribution in [-0.4, -0.2) is 0 Å². The van der Waals surface area contributed by atoms with Crippen LogP contribution in [0.4, 0.5) is 0 Å². The van der Waals surface area contributed by atoms with Gasteiger partial charge in [0, 0.05) is 9.89 Å². The van der Waals surface area contributed by atoms with Crippen LogP contribution in [-0.2, 0) is 5.41 Å². The second-order valence-electron chi connectivity index (χ2n) is 7.61. The molecule has 0 fully saturated rings. The van der Waals surface area contributed by atoms with Crippen molar-refractivity contribution in [1.29, 1.82) is 0 Å². The van der Waals surface area contributed by atoms with E-state index < -0.39 is 0 Å². The summed E-state index contributed by atoms with van der Waals surface area (Å²) in [6.07, 6.45) is 0. The first-order chi connectivity index (χ1) is 12.6. The van der Waals surface area contributed by atoms with Crippen LogP contribution in [0.25, 0.3) is 33.0 Å². The highest BCUT2D eigenvalue weighted by Crippen LogP contribution is 2.49. The first kappa shape index (κ1) is 15.8. The third-order valence-electron chi connectivity index (χ3n) is 5.73. The van der Waals surface area contributed by atoms with E-state index in [1.54, 1.807) is 0 Å². The van der Waals surface area contributed by atoms with Crippen LogP contribution in [0.1, 0.15) is 25.0 Å². The van der Waals surface area contributed by atoms with Crippen molar-refractivity contribution in [2.24, 2.45) is 0 Å². The Labute approximate surface area is 162 Å². The lowest BCUT2D eigenvalue weighted by atomic mass is 9.82. The first-order valence-electron chi connectivity index (χ1n) is 8.99. The maximum absolute atomic E-state index is 3.75. The summed E-state index contributed by atoms with van der Waals surface area (Å²) >= 11 is 3.75. The lowest BCUT2D eigenvalue weighted by Gasteiger charge is -2.21. The Hall–Kier alpha value is -2.38. The highest BCUT2D eigenvalue weighted by atomic mass is 79.9. The highest BCUT2D eigenvalue weighted by Gasteiger charge is 2.35. The van der Waals surface area contributed by atoms with Crippen molar-refractivity contribution >= 4 is 26.7 Å². The molecule has 0 aromatic heterocycles. The van der Waals surface area contributed by atoms with Gasteiger partial charge in [0.2, 0.25) is 0 Å². The van der Waals surface area contributed by atoms with Crippen LogP contribution in [0, 0.1) is 0 Å². The average Bonchev–Trinajstić information content (AvgIpc) is 2.89. The summed E-state index contributed by atoms with van der Waals surface area (Å²) in [5, 5.41) is 2.52. The standard InChI is InChI=1S/C25H19Br/c1-25(2)22-10-6-5-9-20(22)21-14-16(11-12-23(21)25)18-13-17-7-3-4-8-19(17)24(26)15-18/h3-15H,1-2H3. The Balaban J connectivity index is 1.73. The van der Waals surface area contributed by atoms with Gasteiger partial charge in [-0.25, -0.2) is 0 Å². The van der Waals surface area contributed by atoms with Gasteiger partial charge in [-0.15, -0.1) is 0 Å². The molecule has 0 nitrogen and oxygen atoms in total. The third kappa shape index (κ3) is 2.20. The molecule has 1 aliphatic rings. The van der Waals surface area contributed by atoms with E-state index in [1.807, 2.05) is 0 Å². The summed E-state index contributed by atoms with van der Waals surface area (Å²) in [6, 6.07) is 28.8.